The van der Waals surface area contributed by atoms with Gasteiger partial charge in [-0.1, -0.05) is 0 Å². The molecule has 2 rings (SSSR count). The van der Waals surface area contributed by atoms with E-state index in [-0.39, 0.29) is 0 Å². The van der Waals surface area contributed by atoms with Gasteiger partial charge in [0.25, 0.3) is 0 Å². The third-order valence-electron chi connectivity index (χ3n) is 3.02. The third kappa shape index (κ3) is 3.15. The van der Waals surface area contributed by atoms with Crippen molar-refractivity contribution < 1.29 is 0 Å². The van der Waals surface area contributed by atoms with Gasteiger partial charge in [0.1, 0.15) is 0 Å². The van der Waals surface area contributed by atoms with Gasteiger partial charge in [-0.2, -0.15) is 11.8 Å². The molecule has 2 saturated heterocycles. The largest absolute Gasteiger partial charge is 0.315 e. The summed E-state index contributed by atoms with van der Waals surface area (Å²) < 4.78 is 0. The average Bonchev–Trinajstić information content (AvgIpc) is 2.69. The van der Waals surface area contributed by atoms with Gasteiger partial charge in [-0.25, -0.2) is 0 Å². The summed E-state index contributed by atoms with van der Waals surface area (Å²) in [6.07, 6.45) is 4.14. The fraction of sp³-hybridized carbons (Fsp3) is 1.00. The van der Waals surface area contributed by atoms with Crippen molar-refractivity contribution in [2.24, 2.45) is 5.92 Å². The molecule has 2 nitrogen and oxygen atoms in total. The van der Waals surface area contributed by atoms with Crippen LogP contribution in [0.3, 0.4) is 0 Å². The first-order valence-corrected chi connectivity index (χ1v) is 6.62. The second-order valence-electron chi connectivity index (χ2n) is 4.18. The summed E-state index contributed by atoms with van der Waals surface area (Å²) in [5.41, 5.74) is 0. The first kappa shape index (κ1) is 9.81. The Morgan fingerprint density at radius 2 is 2.38 bits per heavy atom. The van der Waals surface area contributed by atoms with Gasteiger partial charge in [0.05, 0.1) is 0 Å². The molecular formula is C10H20N2S. The van der Waals surface area contributed by atoms with Crippen LogP contribution < -0.4 is 10.6 Å². The van der Waals surface area contributed by atoms with Gasteiger partial charge in [-0.15, -0.1) is 0 Å². The van der Waals surface area contributed by atoms with E-state index in [1.54, 1.807) is 0 Å². The lowest BCUT2D eigenvalue weighted by Crippen LogP contribution is -2.44. The quantitative estimate of drug-likeness (QED) is 0.713. The molecule has 2 aliphatic heterocycles. The minimum Gasteiger partial charge on any atom is -0.315 e. The number of hydrogen-bond donors (Lipinski definition) is 2. The summed E-state index contributed by atoms with van der Waals surface area (Å²) in [5.74, 6) is 3.72. The lowest BCUT2D eigenvalue weighted by atomic mass is 10.1. The number of rotatable bonds is 3. The van der Waals surface area contributed by atoms with Crippen LogP contribution >= 0.6 is 11.8 Å². The lowest BCUT2D eigenvalue weighted by molar-refractivity contribution is 0.368. The molecule has 0 aliphatic carbocycles. The SMILES string of the molecule is C1CNCC(NCC2CCSC2)C1. The van der Waals surface area contributed by atoms with Crippen molar-refractivity contribution in [3.8, 4) is 0 Å². The zero-order valence-electron chi connectivity index (χ0n) is 8.22. The molecule has 2 aliphatic rings. The molecule has 0 saturated carbocycles. The van der Waals surface area contributed by atoms with E-state index in [1.165, 1.54) is 50.4 Å². The second kappa shape index (κ2) is 5.23. The molecule has 2 unspecified atom stereocenters. The van der Waals surface area contributed by atoms with Gasteiger partial charge in [0.2, 0.25) is 0 Å². The van der Waals surface area contributed by atoms with Crippen molar-refractivity contribution in [3.63, 3.8) is 0 Å². The molecule has 0 aromatic rings. The molecule has 0 aromatic carbocycles. The standard InChI is InChI=1S/C10H20N2S/c1-2-10(7-11-4-1)12-6-9-3-5-13-8-9/h9-12H,1-8H2. The Bertz CT molecular complexity index is 140. The van der Waals surface area contributed by atoms with Crippen LogP contribution in [0.1, 0.15) is 19.3 Å². The van der Waals surface area contributed by atoms with Crippen LogP contribution in [0.25, 0.3) is 0 Å². The predicted octanol–water partition coefficient (Wildman–Crippen LogP) is 1.08. The van der Waals surface area contributed by atoms with Gasteiger partial charge >= 0.3 is 0 Å². The maximum atomic E-state index is 3.69. The summed E-state index contributed by atoms with van der Waals surface area (Å²) in [5, 5.41) is 7.13. The first-order valence-electron chi connectivity index (χ1n) is 5.47. The highest BCUT2D eigenvalue weighted by molar-refractivity contribution is 7.99. The molecular weight excluding hydrogens is 180 g/mol. The summed E-state index contributed by atoms with van der Waals surface area (Å²) in [6, 6.07) is 0.749. The molecule has 0 radical (unpaired) electrons. The molecule has 76 valence electrons. The molecule has 3 heteroatoms. The minimum absolute atomic E-state index is 0.749. The van der Waals surface area contributed by atoms with Gasteiger partial charge < -0.3 is 10.6 Å². The van der Waals surface area contributed by atoms with E-state index in [0.29, 0.717) is 0 Å². The smallest absolute Gasteiger partial charge is 0.0193 e. The number of piperidine rings is 1. The topological polar surface area (TPSA) is 24.1 Å². The monoisotopic (exact) mass is 200 g/mol. The van der Waals surface area contributed by atoms with Crippen LogP contribution in [-0.2, 0) is 0 Å². The maximum absolute atomic E-state index is 3.69. The summed E-state index contributed by atoms with van der Waals surface area (Å²) in [6.45, 7) is 3.65. The Morgan fingerprint density at radius 1 is 1.38 bits per heavy atom. The fourth-order valence-corrected chi connectivity index (χ4v) is 3.39. The van der Waals surface area contributed by atoms with Crippen LogP contribution in [0, 0.1) is 5.92 Å². The van der Waals surface area contributed by atoms with E-state index in [0.717, 1.165) is 12.0 Å². The molecule has 0 amide bonds. The van der Waals surface area contributed by atoms with Crippen LogP contribution in [0.4, 0.5) is 0 Å². The average molecular weight is 200 g/mol. The van der Waals surface area contributed by atoms with Crippen molar-refractivity contribution in [3.05, 3.63) is 0 Å². The van der Waals surface area contributed by atoms with Crippen LogP contribution in [0.5, 0.6) is 0 Å². The van der Waals surface area contributed by atoms with Crippen molar-refractivity contribution in [2.75, 3.05) is 31.1 Å². The third-order valence-corrected chi connectivity index (χ3v) is 4.25. The Balaban J connectivity index is 1.60. The van der Waals surface area contributed by atoms with Gasteiger partial charge in [0, 0.05) is 12.6 Å². The van der Waals surface area contributed by atoms with Gasteiger partial charge in [0.15, 0.2) is 0 Å². The van der Waals surface area contributed by atoms with E-state index in [1.807, 2.05) is 0 Å². The molecule has 0 aromatic heterocycles. The van der Waals surface area contributed by atoms with E-state index >= 15 is 0 Å². The zero-order valence-corrected chi connectivity index (χ0v) is 9.04. The second-order valence-corrected chi connectivity index (χ2v) is 5.33. The fourth-order valence-electron chi connectivity index (χ4n) is 2.10. The van der Waals surface area contributed by atoms with Gasteiger partial charge in [-0.3, -0.25) is 0 Å². The van der Waals surface area contributed by atoms with Crippen LogP contribution in [0.2, 0.25) is 0 Å². The predicted molar refractivity (Wildman–Crippen MR) is 59.3 cm³/mol. The minimum atomic E-state index is 0.749. The zero-order chi connectivity index (χ0) is 8.93. The Hall–Kier alpha value is 0.270. The molecule has 0 spiro atoms. The van der Waals surface area contributed by atoms with E-state index in [2.05, 4.69) is 22.4 Å². The highest BCUT2D eigenvalue weighted by Crippen LogP contribution is 2.22. The Morgan fingerprint density at radius 3 is 3.08 bits per heavy atom. The Labute approximate surface area is 85.2 Å². The van der Waals surface area contributed by atoms with E-state index < -0.39 is 0 Å². The van der Waals surface area contributed by atoms with Crippen molar-refractivity contribution in [1.82, 2.24) is 10.6 Å². The molecule has 2 N–H and O–H groups in total. The number of nitrogens with one attached hydrogen (secondary N) is 2. The highest BCUT2D eigenvalue weighted by atomic mass is 32.2. The molecule has 13 heavy (non-hydrogen) atoms. The maximum Gasteiger partial charge on any atom is 0.0193 e. The Kier molecular flexibility index (Phi) is 3.94. The normalized spacial score (nSPS) is 35.1. The molecule has 2 atom stereocenters. The summed E-state index contributed by atoms with van der Waals surface area (Å²) >= 11 is 2.11. The van der Waals surface area contributed by atoms with E-state index in [9.17, 15) is 0 Å². The van der Waals surface area contributed by atoms with Crippen molar-refractivity contribution in [1.29, 1.82) is 0 Å². The lowest BCUT2D eigenvalue weighted by Gasteiger charge is -2.25. The van der Waals surface area contributed by atoms with Crippen molar-refractivity contribution in [2.45, 2.75) is 25.3 Å². The molecule has 2 heterocycles. The molecule has 0 bridgehead atoms. The van der Waals surface area contributed by atoms with Crippen molar-refractivity contribution >= 4 is 11.8 Å². The number of thioether (sulfide) groups is 1. The summed E-state index contributed by atoms with van der Waals surface area (Å²) in [4.78, 5) is 0. The molecule has 2 fully saturated rings. The first-order chi connectivity index (χ1) is 6.45. The summed E-state index contributed by atoms with van der Waals surface area (Å²) in [7, 11) is 0. The van der Waals surface area contributed by atoms with E-state index in [4.69, 9.17) is 0 Å². The van der Waals surface area contributed by atoms with Crippen LogP contribution in [0.15, 0.2) is 0 Å². The van der Waals surface area contributed by atoms with Crippen LogP contribution in [-0.4, -0.2) is 37.2 Å². The number of hydrogen-bond acceptors (Lipinski definition) is 3. The van der Waals surface area contributed by atoms with Gasteiger partial charge in [-0.05, 0) is 49.8 Å². The highest BCUT2D eigenvalue weighted by Gasteiger charge is 2.18.